The Balaban J connectivity index is 0.000000810. The predicted molar refractivity (Wildman–Crippen MR) is 43.1 cm³/mol. The highest BCUT2D eigenvalue weighted by molar-refractivity contribution is 5.85. The van der Waals surface area contributed by atoms with Crippen LogP contribution in [0.4, 0.5) is 0 Å². The lowest BCUT2D eigenvalue weighted by atomic mass is 10.4. The second-order valence-electron chi connectivity index (χ2n) is 1.94. The Kier molecular flexibility index (Phi) is 4.98. The van der Waals surface area contributed by atoms with Crippen molar-refractivity contribution in [2.75, 3.05) is 6.54 Å². The molecule has 0 amide bonds. The number of aromatic nitrogens is 2. The summed E-state index contributed by atoms with van der Waals surface area (Å²) in [7, 11) is 0. The zero-order valence-corrected chi connectivity index (χ0v) is 6.55. The first-order chi connectivity index (χ1) is 4.43. The Morgan fingerprint density at radius 2 is 2.30 bits per heavy atom. The lowest BCUT2D eigenvalue weighted by Crippen LogP contribution is -2.03. The Bertz CT molecular complexity index is 150. The van der Waals surface area contributed by atoms with Crippen molar-refractivity contribution in [2.45, 2.75) is 13.0 Å². The van der Waals surface area contributed by atoms with Gasteiger partial charge in [0.1, 0.15) is 0 Å². The molecule has 0 aliphatic rings. The second-order valence-corrected chi connectivity index (χ2v) is 1.94. The fourth-order valence-electron chi connectivity index (χ4n) is 0.693. The summed E-state index contributed by atoms with van der Waals surface area (Å²) in [5.74, 6) is 0. The van der Waals surface area contributed by atoms with Crippen LogP contribution in [0.15, 0.2) is 18.7 Å². The van der Waals surface area contributed by atoms with Gasteiger partial charge in [-0.1, -0.05) is 0 Å². The van der Waals surface area contributed by atoms with E-state index in [1.165, 1.54) is 0 Å². The van der Waals surface area contributed by atoms with Gasteiger partial charge in [-0.05, 0) is 13.0 Å². The Hall–Kier alpha value is -0.540. The van der Waals surface area contributed by atoms with Crippen molar-refractivity contribution in [3.8, 4) is 0 Å². The molecule has 4 heteroatoms. The number of halogens is 1. The summed E-state index contributed by atoms with van der Waals surface area (Å²) in [6.07, 6.45) is 6.54. The summed E-state index contributed by atoms with van der Waals surface area (Å²) in [6, 6.07) is 0. The van der Waals surface area contributed by atoms with Gasteiger partial charge in [-0.25, -0.2) is 4.98 Å². The minimum Gasteiger partial charge on any atom is -0.337 e. The first-order valence-electron chi connectivity index (χ1n) is 3.09. The minimum atomic E-state index is 0. The second kappa shape index (κ2) is 5.26. The zero-order valence-electron chi connectivity index (χ0n) is 5.73. The first-order valence-corrected chi connectivity index (χ1v) is 3.09. The van der Waals surface area contributed by atoms with Gasteiger partial charge >= 0.3 is 0 Å². The van der Waals surface area contributed by atoms with E-state index in [1.54, 1.807) is 12.5 Å². The molecule has 58 valence electrons. The van der Waals surface area contributed by atoms with Crippen LogP contribution in [0, 0.1) is 0 Å². The van der Waals surface area contributed by atoms with Crippen LogP contribution in [-0.2, 0) is 6.54 Å². The molecular weight excluding hydrogens is 150 g/mol. The highest BCUT2D eigenvalue weighted by Gasteiger charge is 1.85. The van der Waals surface area contributed by atoms with Crippen LogP contribution in [0.5, 0.6) is 0 Å². The Morgan fingerprint density at radius 1 is 1.50 bits per heavy atom. The smallest absolute Gasteiger partial charge is 0.0945 e. The van der Waals surface area contributed by atoms with E-state index in [0.717, 1.165) is 19.5 Å². The topological polar surface area (TPSA) is 43.8 Å². The lowest BCUT2D eigenvalue weighted by Gasteiger charge is -1.96. The van der Waals surface area contributed by atoms with E-state index in [2.05, 4.69) is 4.98 Å². The van der Waals surface area contributed by atoms with Gasteiger partial charge in [-0.2, -0.15) is 0 Å². The van der Waals surface area contributed by atoms with Gasteiger partial charge in [-0.15, -0.1) is 12.4 Å². The average Bonchev–Trinajstić information content (AvgIpc) is 2.34. The van der Waals surface area contributed by atoms with Crippen molar-refractivity contribution in [1.82, 2.24) is 9.55 Å². The van der Waals surface area contributed by atoms with E-state index in [0.29, 0.717) is 0 Å². The van der Waals surface area contributed by atoms with Crippen molar-refractivity contribution >= 4 is 12.4 Å². The highest BCUT2D eigenvalue weighted by Crippen LogP contribution is 1.87. The number of imidazole rings is 1. The number of rotatable bonds is 3. The van der Waals surface area contributed by atoms with Crippen molar-refractivity contribution in [2.24, 2.45) is 5.73 Å². The number of nitrogens with zero attached hydrogens (tertiary/aromatic N) is 2. The van der Waals surface area contributed by atoms with E-state index < -0.39 is 0 Å². The molecule has 0 bridgehead atoms. The molecule has 0 aliphatic heterocycles. The monoisotopic (exact) mass is 161 g/mol. The van der Waals surface area contributed by atoms with Crippen molar-refractivity contribution < 1.29 is 0 Å². The van der Waals surface area contributed by atoms with Gasteiger partial charge in [0, 0.05) is 18.9 Å². The van der Waals surface area contributed by atoms with Crippen LogP contribution in [0.1, 0.15) is 6.42 Å². The van der Waals surface area contributed by atoms with E-state index in [4.69, 9.17) is 5.73 Å². The molecule has 0 saturated heterocycles. The lowest BCUT2D eigenvalue weighted by molar-refractivity contribution is 0.650. The summed E-state index contributed by atoms with van der Waals surface area (Å²) < 4.78 is 2.02. The molecule has 0 atom stereocenters. The summed E-state index contributed by atoms with van der Waals surface area (Å²) in [4.78, 5) is 3.90. The van der Waals surface area contributed by atoms with E-state index >= 15 is 0 Å². The fraction of sp³-hybridized carbons (Fsp3) is 0.500. The van der Waals surface area contributed by atoms with Crippen LogP contribution < -0.4 is 5.73 Å². The largest absolute Gasteiger partial charge is 0.337 e. The summed E-state index contributed by atoms with van der Waals surface area (Å²) in [6.45, 7) is 1.73. The maximum atomic E-state index is 5.31. The fourth-order valence-corrected chi connectivity index (χ4v) is 0.693. The Morgan fingerprint density at radius 3 is 2.80 bits per heavy atom. The molecule has 0 radical (unpaired) electrons. The SMILES string of the molecule is Cl.NCCCn1ccnc1. The molecule has 1 rings (SSSR count). The third-order valence-corrected chi connectivity index (χ3v) is 1.18. The summed E-state index contributed by atoms with van der Waals surface area (Å²) in [5.41, 5.74) is 5.31. The molecule has 1 heterocycles. The molecule has 2 N–H and O–H groups in total. The molecule has 0 saturated carbocycles. The first kappa shape index (κ1) is 9.46. The number of hydrogen-bond donors (Lipinski definition) is 1. The van der Waals surface area contributed by atoms with E-state index in [9.17, 15) is 0 Å². The normalized spacial score (nSPS) is 8.90. The summed E-state index contributed by atoms with van der Waals surface area (Å²) >= 11 is 0. The van der Waals surface area contributed by atoms with Gasteiger partial charge in [0.05, 0.1) is 6.33 Å². The zero-order chi connectivity index (χ0) is 6.53. The third-order valence-electron chi connectivity index (χ3n) is 1.18. The maximum absolute atomic E-state index is 5.31. The predicted octanol–water partition coefficient (Wildman–Crippen LogP) is 0.654. The highest BCUT2D eigenvalue weighted by atomic mass is 35.5. The van der Waals surface area contributed by atoms with Crippen molar-refractivity contribution in [1.29, 1.82) is 0 Å². The van der Waals surface area contributed by atoms with E-state index in [1.807, 2.05) is 10.8 Å². The molecule has 1 aromatic rings. The van der Waals surface area contributed by atoms with Crippen LogP contribution in [0.3, 0.4) is 0 Å². The molecule has 0 fully saturated rings. The van der Waals surface area contributed by atoms with Crippen LogP contribution >= 0.6 is 12.4 Å². The molecule has 0 spiro atoms. The Labute approximate surface area is 66.7 Å². The number of hydrogen-bond acceptors (Lipinski definition) is 2. The standard InChI is InChI=1S/C6H11N3.ClH/c7-2-1-4-9-5-3-8-6-9;/h3,5-6H,1-2,4,7H2;1H. The van der Waals surface area contributed by atoms with Crippen LogP contribution in [-0.4, -0.2) is 16.1 Å². The molecule has 3 nitrogen and oxygen atoms in total. The molecule has 1 aromatic heterocycles. The average molecular weight is 162 g/mol. The van der Waals surface area contributed by atoms with Crippen LogP contribution in [0.25, 0.3) is 0 Å². The molecule has 0 aliphatic carbocycles. The van der Waals surface area contributed by atoms with Gasteiger partial charge in [-0.3, -0.25) is 0 Å². The van der Waals surface area contributed by atoms with Gasteiger partial charge in [0.25, 0.3) is 0 Å². The number of aryl methyl sites for hydroxylation is 1. The van der Waals surface area contributed by atoms with Gasteiger partial charge < -0.3 is 10.3 Å². The molecule has 0 unspecified atom stereocenters. The molecular formula is C6H12ClN3. The van der Waals surface area contributed by atoms with Gasteiger partial charge in [0.15, 0.2) is 0 Å². The maximum Gasteiger partial charge on any atom is 0.0945 e. The van der Waals surface area contributed by atoms with Crippen molar-refractivity contribution in [3.63, 3.8) is 0 Å². The number of nitrogens with two attached hydrogens (primary N) is 1. The van der Waals surface area contributed by atoms with E-state index in [-0.39, 0.29) is 12.4 Å². The summed E-state index contributed by atoms with van der Waals surface area (Å²) in [5, 5.41) is 0. The van der Waals surface area contributed by atoms with Gasteiger partial charge in [0.2, 0.25) is 0 Å². The minimum absolute atomic E-state index is 0. The molecule has 10 heavy (non-hydrogen) atoms. The third kappa shape index (κ3) is 2.85. The van der Waals surface area contributed by atoms with Crippen LogP contribution in [0.2, 0.25) is 0 Å². The van der Waals surface area contributed by atoms with Crippen molar-refractivity contribution in [3.05, 3.63) is 18.7 Å². The molecule has 0 aromatic carbocycles. The quantitative estimate of drug-likeness (QED) is 0.708.